The molecule has 0 aliphatic heterocycles. The first-order valence-electron chi connectivity index (χ1n) is 8.56. The average Bonchev–Trinajstić information content (AvgIpc) is 3.31. The van der Waals surface area contributed by atoms with E-state index in [1.54, 1.807) is 17.6 Å². The van der Waals surface area contributed by atoms with Gasteiger partial charge in [-0.3, -0.25) is 4.79 Å². The van der Waals surface area contributed by atoms with Crippen LogP contribution in [0.3, 0.4) is 0 Å². The van der Waals surface area contributed by atoms with Crippen LogP contribution in [0.4, 0.5) is 0 Å². The first-order valence-corrected chi connectivity index (χ1v) is 9.37. The third-order valence-electron chi connectivity index (χ3n) is 4.37. The summed E-state index contributed by atoms with van der Waals surface area (Å²) in [5, 5.41) is 2.96. The van der Waals surface area contributed by atoms with Gasteiger partial charge in [0.1, 0.15) is 11.5 Å². The molecule has 132 valence electrons. The quantitative estimate of drug-likeness (QED) is 0.548. The van der Waals surface area contributed by atoms with E-state index in [-0.39, 0.29) is 5.91 Å². The number of thiophene rings is 1. The highest BCUT2D eigenvalue weighted by Crippen LogP contribution is 2.29. The van der Waals surface area contributed by atoms with Gasteiger partial charge in [0.15, 0.2) is 0 Å². The van der Waals surface area contributed by atoms with E-state index in [2.05, 4.69) is 54.1 Å². The first-order chi connectivity index (χ1) is 12.6. The number of aryl methyl sites for hydroxylation is 2. The van der Waals surface area contributed by atoms with Gasteiger partial charge in [-0.1, -0.05) is 29.8 Å². The smallest absolute Gasteiger partial charge is 0.268 e. The van der Waals surface area contributed by atoms with Crippen molar-refractivity contribution in [1.29, 1.82) is 0 Å². The average molecular weight is 364 g/mol. The monoisotopic (exact) mass is 364 g/mol. The Morgan fingerprint density at radius 1 is 1.15 bits per heavy atom. The van der Waals surface area contributed by atoms with E-state index in [9.17, 15) is 4.79 Å². The summed E-state index contributed by atoms with van der Waals surface area (Å²) in [7, 11) is 0. The van der Waals surface area contributed by atoms with E-state index in [1.807, 2.05) is 18.2 Å². The third-order valence-corrected chi connectivity index (χ3v) is 5.36. The lowest BCUT2D eigenvalue weighted by molar-refractivity contribution is 0.0939. The molecule has 3 heterocycles. The number of carbonyl (C=O) groups excluding carboxylic acids is 1. The molecule has 1 amide bonds. The number of fused-ring (bicyclic) bond motifs is 1. The Labute approximate surface area is 156 Å². The number of hydrogen-bond donors (Lipinski definition) is 1. The van der Waals surface area contributed by atoms with Gasteiger partial charge in [-0.05, 0) is 43.7 Å². The summed E-state index contributed by atoms with van der Waals surface area (Å²) in [5.74, 6) is 0.655. The van der Waals surface area contributed by atoms with Crippen molar-refractivity contribution >= 4 is 27.5 Å². The molecule has 4 aromatic rings. The Morgan fingerprint density at radius 3 is 2.81 bits per heavy atom. The number of rotatable bonds is 5. The standard InChI is InChI=1S/C21H20N2O2S/c1-14-5-3-6-16(9-14)13-23-18-10-15(2)26-20(18)11-19(23)21(24)22-12-17-7-4-8-25-17/h3-11H,12-13H2,1-2H3,(H,22,24). The minimum Gasteiger partial charge on any atom is -0.467 e. The molecule has 1 N–H and O–H groups in total. The number of benzene rings is 1. The molecule has 4 nitrogen and oxygen atoms in total. The fourth-order valence-corrected chi connectivity index (χ4v) is 4.15. The molecule has 0 atom stereocenters. The van der Waals surface area contributed by atoms with Crippen LogP contribution in [0, 0.1) is 13.8 Å². The molecular formula is C21H20N2O2S. The molecule has 0 aliphatic rings. The van der Waals surface area contributed by atoms with E-state index in [1.165, 1.54) is 16.0 Å². The topological polar surface area (TPSA) is 47.2 Å². The van der Waals surface area contributed by atoms with Gasteiger partial charge in [-0.25, -0.2) is 0 Å². The van der Waals surface area contributed by atoms with Crippen molar-refractivity contribution in [3.8, 4) is 0 Å². The van der Waals surface area contributed by atoms with E-state index < -0.39 is 0 Å². The van der Waals surface area contributed by atoms with Gasteiger partial charge in [0.05, 0.1) is 23.0 Å². The van der Waals surface area contributed by atoms with Crippen molar-refractivity contribution in [2.24, 2.45) is 0 Å². The van der Waals surface area contributed by atoms with Crippen LogP contribution in [0.5, 0.6) is 0 Å². The Hall–Kier alpha value is -2.79. The summed E-state index contributed by atoms with van der Waals surface area (Å²) in [6, 6.07) is 16.2. The van der Waals surface area contributed by atoms with Gasteiger partial charge in [0.25, 0.3) is 5.91 Å². The Kier molecular flexibility index (Phi) is 4.39. The minimum absolute atomic E-state index is 0.0879. The van der Waals surface area contributed by atoms with Gasteiger partial charge >= 0.3 is 0 Å². The fourth-order valence-electron chi connectivity index (χ4n) is 3.19. The van der Waals surface area contributed by atoms with E-state index in [4.69, 9.17) is 4.42 Å². The summed E-state index contributed by atoms with van der Waals surface area (Å²) in [5.41, 5.74) is 4.19. The van der Waals surface area contributed by atoms with Crippen molar-refractivity contribution in [2.45, 2.75) is 26.9 Å². The number of nitrogens with one attached hydrogen (secondary N) is 1. The summed E-state index contributed by atoms with van der Waals surface area (Å²) in [6.07, 6.45) is 1.61. The molecule has 3 aromatic heterocycles. The van der Waals surface area contributed by atoms with Crippen molar-refractivity contribution in [1.82, 2.24) is 9.88 Å². The highest BCUT2D eigenvalue weighted by atomic mass is 32.1. The number of nitrogens with zero attached hydrogens (tertiary/aromatic N) is 1. The molecule has 0 fully saturated rings. The van der Waals surface area contributed by atoms with Crippen molar-refractivity contribution in [3.63, 3.8) is 0 Å². The number of hydrogen-bond acceptors (Lipinski definition) is 3. The summed E-state index contributed by atoms with van der Waals surface area (Å²) >= 11 is 1.71. The first kappa shape index (κ1) is 16.7. The number of aromatic nitrogens is 1. The Balaban J connectivity index is 1.67. The Morgan fingerprint density at radius 2 is 2.04 bits per heavy atom. The van der Waals surface area contributed by atoms with E-state index in [0.717, 1.165) is 16.0 Å². The van der Waals surface area contributed by atoms with E-state index in [0.29, 0.717) is 18.8 Å². The summed E-state index contributed by atoms with van der Waals surface area (Å²) in [6.45, 7) is 5.23. The zero-order chi connectivity index (χ0) is 18.1. The molecule has 0 saturated carbocycles. The molecule has 1 aromatic carbocycles. The predicted octanol–water partition coefficient (Wildman–Crippen LogP) is 4.89. The van der Waals surface area contributed by atoms with Crippen LogP contribution in [-0.4, -0.2) is 10.5 Å². The van der Waals surface area contributed by atoms with Crippen LogP contribution in [-0.2, 0) is 13.1 Å². The molecule has 0 aliphatic carbocycles. The highest BCUT2D eigenvalue weighted by Gasteiger charge is 2.17. The SMILES string of the molecule is Cc1cccc(Cn2c(C(=O)NCc3ccco3)cc3sc(C)cc32)c1. The van der Waals surface area contributed by atoms with E-state index >= 15 is 0 Å². The number of carbonyl (C=O) groups is 1. The van der Waals surface area contributed by atoms with Crippen LogP contribution < -0.4 is 5.32 Å². The molecule has 0 unspecified atom stereocenters. The van der Waals surface area contributed by atoms with Crippen LogP contribution >= 0.6 is 11.3 Å². The lowest BCUT2D eigenvalue weighted by Crippen LogP contribution is -2.25. The molecular weight excluding hydrogens is 344 g/mol. The van der Waals surface area contributed by atoms with Crippen LogP contribution in [0.25, 0.3) is 10.2 Å². The summed E-state index contributed by atoms with van der Waals surface area (Å²) in [4.78, 5) is 14.0. The fraction of sp³-hybridized carbons (Fsp3) is 0.190. The van der Waals surface area contributed by atoms with Gasteiger partial charge in [0, 0.05) is 11.4 Å². The zero-order valence-electron chi connectivity index (χ0n) is 14.8. The second-order valence-electron chi connectivity index (χ2n) is 6.47. The van der Waals surface area contributed by atoms with Gasteiger partial charge < -0.3 is 14.3 Å². The second-order valence-corrected chi connectivity index (χ2v) is 7.76. The number of amides is 1. The van der Waals surface area contributed by atoms with Crippen molar-refractivity contribution in [3.05, 3.63) is 82.3 Å². The maximum atomic E-state index is 12.8. The van der Waals surface area contributed by atoms with Gasteiger partial charge in [-0.15, -0.1) is 11.3 Å². The second kappa shape index (κ2) is 6.84. The summed E-state index contributed by atoms with van der Waals surface area (Å²) < 4.78 is 8.54. The van der Waals surface area contributed by atoms with Gasteiger partial charge in [0.2, 0.25) is 0 Å². The van der Waals surface area contributed by atoms with Crippen LogP contribution in [0.1, 0.15) is 32.3 Å². The third kappa shape index (κ3) is 3.30. The van der Waals surface area contributed by atoms with Crippen molar-refractivity contribution < 1.29 is 9.21 Å². The van der Waals surface area contributed by atoms with Crippen LogP contribution in [0.2, 0.25) is 0 Å². The molecule has 0 radical (unpaired) electrons. The molecule has 26 heavy (non-hydrogen) atoms. The lowest BCUT2D eigenvalue weighted by Gasteiger charge is -2.11. The maximum Gasteiger partial charge on any atom is 0.268 e. The minimum atomic E-state index is -0.0879. The molecule has 0 spiro atoms. The van der Waals surface area contributed by atoms with Crippen molar-refractivity contribution in [2.75, 3.05) is 0 Å². The Bertz CT molecular complexity index is 1060. The normalized spacial score (nSPS) is 11.2. The largest absolute Gasteiger partial charge is 0.467 e. The maximum absolute atomic E-state index is 12.8. The molecule has 5 heteroatoms. The molecule has 4 rings (SSSR count). The zero-order valence-corrected chi connectivity index (χ0v) is 15.6. The van der Waals surface area contributed by atoms with Gasteiger partial charge in [-0.2, -0.15) is 0 Å². The highest BCUT2D eigenvalue weighted by molar-refractivity contribution is 7.19. The predicted molar refractivity (Wildman–Crippen MR) is 105 cm³/mol. The lowest BCUT2D eigenvalue weighted by atomic mass is 10.1. The van der Waals surface area contributed by atoms with Crippen LogP contribution in [0.15, 0.2) is 59.2 Å². The number of furan rings is 1. The molecule has 0 saturated heterocycles. The molecule has 0 bridgehead atoms.